The van der Waals surface area contributed by atoms with Crippen molar-refractivity contribution >= 4 is 23.3 Å². The molecule has 0 spiro atoms. The Balaban J connectivity index is 1.50. The highest BCUT2D eigenvalue weighted by atomic mass is 35.5. The lowest BCUT2D eigenvalue weighted by Gasteiger charge is -2.13. The van der Waals surface area contributed by atoms with Gasteiger partial charge in [-0.3, -0.25) is 9.48 Å². The minimum atomic E-state index is -0.348. The monoisotopic (exact) mass is 421 g/mol. The van der Waals surface area contributed by atoms with Gasteiger partial charge in [-0.25, -0.2) is 0 Å². The van der Waals surface area contributed by atoms with Gasteiger partial charge in [0.25, 0.3) is 5.91 Å². The second-order valence-corrected chi connectivity index (χ2v) is 7.22. The summed E-state index contributed by atoms with van der Waals surface area (Å²) in [7, 11) is 0. The number of hydrogen-bond donors (Lipinski definition) is 1. The molecule has 0 fully saturated rings. The molecule has 0 bridgehead atoms. The predicted octanol–water partition coefficient (Wildman–Crippen LogP) is 5.32. The third-order valence-corrected chi connectivity index (χ3v) is 4.78. The lowest BCUT2D eigenvalue weighted by molar-refractivity contribution is 0.0996. The zero-order chi connectivity index (χ0) is 20.9. The van der Waals surface area contributed by atoms with Crippen LogP contribution in [0.1, 0.15) is 27.4 Å². The minimum absolute atomic E-state index is 0.230. The van der Waals surface area contributed by atoms with Crippen LogP contribution in [0.25, 0.3) is 0 Å². The molecule has 152 valence electrons. The van der Waals surface area contributed by atoms with E-state index < -0.39 is 0 Å². The quantitative estimate of drug-likeness (QED) is 0.438. The zero-order valence-electron chi connectivity index (χ0n) is 16.3. The number of furan rings is 1. The van der Waals surface area contributed by atoms with Gasteiger partial charge >= 0.3 is 0 Å². The van der Waals surface area contributed by atoms with Crippen molar-refractivity contribution in [3.8, 4) is 5.75 Å². The lowest BCUT2D eigenvalue weighted by Crippen LogP contribution is -2.12. The van der Waals surface area contributed by atoms with Gasteiger partial charge in [0.05, 0.1) is 12.8 Å². The van der Waals surface area contributed by atoms with Crippen molar-refractivity contribution in [3.63, 3.8) is 0 Å². The highest BCUT2D eigenvalue weighted by Crippen LogP contribution is 2.25. The number of nitrogens with zero attached hydrogens (tertiary/aromatic N) is 2. The number of anilines is 1. The van der Waals surface area contributed by atoms with E-state index in [9.17, 15) is 4.79 Å². The number of hydrogen-bond acceptors (Lipinski definition) is 4. The van der Waals surface area contributed by atoms with Crippen LogP contribution in [0.15, 0.2) is 77.4 Å². The summed E-state index contributed by atoms with van der Waals surface area (Å²) in [5.41, 5.74) is 2.86. The number of aromatic nitrogens is 2. The Morgan fingerprint density at radius 1 is 1.13 bits per heavy atom. The second kappa shape index (κ2) is 8.88. The number of amides is 1. The Hall–Kier alpha value is -3.51. The summed E-state index contributed by atoms with van der Waals surface area (Å²) in [6.45, 7) is 2.83. The average molecular weight is 422 g/mol. The van der Waals surface area contributed by atoms with Crippen molar-refractivity contribution in [3.05, 3.63) is 101 Å². The van der Waals surface area contributed by atoms with Crippen LogP contribution in [-0.4, -0.2) is 15.7 Å². The van der Waals surface area contributed by atoms with Gasteiger partial charge in [-0.05, 0) is 42.8 Å². The molecule has 30 heavy (non-hydrogen) atoms. The van der Waals surface area contributed by atoms with Crippen molar-refractivity contribution in [2.45, 2.75) is 20.1 Å². The summed E-state index contributed by atoms with van der Waals surface area (Å²) in [4.78, 5) is 12.2. The summed E-state index contributed by atoms with van der Waals surface area (Å²) in [6.07, 6.45) is 1.45. The number of nitrogens with one attached hydrogen (secondary N) is 1. The molecule has 0 atom stereocenters. The highest BCUT2D eigenvalue weighted by Gasteiger charge is 2.14. The number of halogens is 1. The Labute approximate surface area is 179 Å². The molecule has 0 saturated carbocycles. The molecule has 1 N–H and O–H groups in total. The fourth-order valence-corrected chi connectivity index (χ4v) is 3.22. The van der Waals surface area contributed by atoms with Gasteiger partial charge in [-0.1, -0.05) is 41.9 Å². The topological polar surface area (TPSA) is 69.3 Å². The zero-order valence-corrected chi connectivity index (χ0v) is 17.1. The minimum Gasteiger partial charge on any atom is -0.489 e. The molecule has 6 nitrogen and oxygen atoms in total. The van der Waals surface area contributed by atoms with Crippen molar-refractivity contribution in [2.24, 2.45) is 0 Å². The highest BCUT2D eigenvalue weighted by molar-refractivity contribution is 6.30. The molecule has 0 unspecified atom stereocenters. The van der Waals surface area contributed by atoms with E-state index in [1.807, 2.05) is 49.4 Å². The maximum Gasteiger partial charge on any atom is 0.292 e. The Morgan fingerprint density at radius 3 is 2.73 bits per heavy atom. The molecular formula is C23H20ClN3O3. The second-order valence-electron chi connectivity index (χ2n) is 6.79. The Morgan fingerprint density at radius 2 is 1.97 bits per heavy atom. The van der Waals surface area contributed by atoms with E-state index >= 15 is 0 Å². The molecular weight excluding hydrogens is 402 g/mol. The summed E-state index contributed by atoms with van der Waals surface area (Å²) < 4.78 is 12.9. The van der Waals surface area contributed by atoms with Gasteiger partial charge in [0.2, 0.25) is 0 Å². The standard InChI is InChI=1S/C23H20ClN3O3/c1-16-12-22(25-23(28)21-8-5-11-29-21)26-27(16)14-18-13-19(24)9-10-20(18)30-15-17-6-3-2-4-7-17/h2-13H,14-15H2,1H3,(H,25,26,28). The first-order chi connectivity index (χ1) is 14.6. The van der Waals surface area contributed by atoms with Crippen molar-refractivity contribution in [1.29, 1.82) is 0 Å². The number of benzene rings is 2. The molecule has 2 aromatic carbocycles. The molecule has 0 aliphatic carbocycles. The predicted molar refractivity (Wildman–Crippen MR) is 115 cm³/mol. The van der Waals surface area contributed by atoms with Gasteiger partial charge < -0.3 is 14.5 Å². The van der Waals surface area contributed by atoms with Crippen LogP contribution in [-0.2, 0) is 13.2 Å². The lowest BCUT2D eigenvalue weighted by atomic mass is 10.2. The summed E-state index contributed by atoms with van der Waals surface area (Å²) in [5.74, 6) is 1.06. The fraction of sp³-hybridized carbons (Fsp3) is 0.130. The van der Waals surface area contributed by atoms with Gasteiger partial charge in [0, 0.05) is 22.3 Å². The molecule has 4 aromatic rings. The van der Waals surface area contributed by atoms with E-state index in [0.717, 1.165) is 22.6 Å². The summed E-state index contributed by atoms with van der Waals surface area (Å²) in [6, 6.07) is 20.5. The van der Waals surface area contributed by atoms with Gasteiger partial charge in [0.15, 0.2) is 11.6 Å². The van der Waals surface area contributed by atoms with Crippen LogP contribution in [0, 0.1) is 6.92 Å². The van der Waals surface area contributed by atoms with E-state index in [-0.39, 0.29) is 11.7 Å². The van der Waals surface area contributed by atoms with Crippen molar-refractivity contribution < 1.29 is 13.9 Å². The first-order valence-electron chi connectivity index (χ1n) is 9.43. The Kier molecular flexibility index (Phi) is 5.86. The normalized spacial score (nSPS) is 10.7. The van der Waals surface area contributed by atoms with Crippen LogP contribution >= 0.6 is 11.6 Å². The molecule has 0 aliphatic heterocycles. The van der Waals surface area contributed by atoms with Crippen LogP contribution in [0.3, 0.4) is 0 Å². The molecule has 1 amide bonds. The maximum absolute atomic E-state index is 12.2. The number of carbonyl (C=O) groups is 1. The Bertz CT molecular complexity index is 1140. The molecule has 0 radical (unpaired) electrons. The van der Waals surface area contributed by atoms with Gasteiger partial charge in [0.1, 0.15) is 12.4 Å². The molecule has 2 aromatic heterocycles. The number of ether oxygens (including phenoxy) is 1. The largest absolute Gasteiger partial charge is 0.489 e. The molecule has 4 rings (SSSR count). The SMILES string of the molecule is Cc1cc(NC(=O)c2ccco2)nn1Cc1cc(Cl)ccc1OCc1ccccc1. The molecule has 0 saturated heterocycles. The van der Waals surface area contributed by atoms with Crippen LogP contribution in [0.4, 0.5) is 5.82 Å². The maximum atomic E-state index is 12.2. The van der Waals surface area contributed by atoms with Crippen LogP contribution in [0.5, 0.6) is 5.75 Å². The number of carbonyl (C=O) groups excluding carboxylic acids is 1. The third-order valence-electron chi connectivity index (χ3n) is 4.55. The van der Waals surface area contributed by atoms with E-state index in [1.54, 1.807) is 28.9 Å². The van der Waals surface area contributed by atoms with E-state index in [1.165, 1.54) is 6.26 Å². The van der Waals surface area contributed by atoms with E-state index in [4.69, 9.17) is 20.8 Å². The number of aryl methyl sites for hydroxylation is 1. The molecule has 0 aliphatic rings. The molecule has 7 heteroatoms. The third kappa shape index (κ3) is 4.72. The first kappa shape index (κ1) is 19.8. The fourth-order valence-electron chi connectivity index (χ4n) is 3.03. The smallest absolute Gasteiger partial charge is 0.292 e. The summed E-state index contributed by atoms with van der Waals surface area (Å²) >= 11 is 6.22. The average Bonchev–Trinajstić information content (AvgIpc) is 3.39. The van der Waals surface area contributed by atoms with Crippen LogP contribution < -0.4 is 10.1 Å². The van der Waals surface area contributed by atoms with Gasteiger partial charge in [-0.15, -0.1) is 0 Å². The first-order valence-corrected chi connectivity index (χ1v) is 9.81. The number of rotatable bonds is 7. The molecule has 2 heterocycles. The van der Waals surface area contributed by atoms with Gasteiger partial charge in [-0.2, -0.15) is 5.10 Å². The van der Waals surface area contributed by atoms with E-state index in [0.29, 0.717) is 24.0 Å². The van der Waals surface area contributed by atoms with E-state index in [2.05, 4.69) is 10.4 Å². The van der Waals surface area contributed by atoms with Crippen molar-refractivity contribution in [2.75, 3.05) is 5.32 Å². The van der Waals surface area contributed by atoms with Crippen molar-refractivity contribution in [1.82, 2.24) is 9.78 Å². The summed E-state index contributed by atoms with van der Waals surface area (Å²) in [5, 5.41) is 7.85. The van der Waals surface area contributed by atoms with Crippen LogP contribution in [0.2, 0.25) is 5.02 Å².